The highest BCUT2D eigenvalue weighted by Crippen LogP contribution is 2.13. The number of carbonyl (C=O) groups excluding carboxylic acids is 1. The van der Waals surface area contributed by atoms with Gasteiger partial charge < -0.3 is 0 Å². The zero-order valence-corrected chi connectivity index (χ0v) is 8.27. The minimum Gasteiger partial charge on any atom is -0.298 e. The van der Waals surface area contributed by atoms with Gasteiger partial charge in [-0.15, -0.1) is 0 Å². The van der Waals surface area contributed by atoms with E-state index in [0.717, 1.165) is 17.9 Å². The van der Waals surface area contributed by atoms with E-state index in [1.165, 1.54) is 0 Å². The first kappa shape index (κ1) is 9.63. The summed E-state index contributed by atoms with van der Waals surface area (Å²) in [6.07, 6.45) is 2.88. The number of rotatable bonds is 3. The zero-order valence-electron chi connectivity index (χ0n) is 7.27. The molecule has 0 heterocycles. The van der Waals surface area contributed by atoms with Crippen LogP contribution in [0.1, 0.15) is 6.92 Å². The van der Waals surface area contributed by atoms with Gasteiger partial charge in [0.15, 0.2) is 0 Å². The molecule has 2 heteroatoms. The summed E-state index contributed by atoms with van der Waals surface area (Å²) in [7, 11) is -1.06. The maximum Gasteiger partial charge on any atom is 0.145 e. The molecule has 0 N–H and O–H groups in total. The Hall–Kier alpha value is -0.373. The highest BCUT2D eigenvalue weighted by molar-refractivity contribution is 6.76. The molecule has 0 aromatic rings. The third kappa shape index (κ3) is 4.50. The van der Waals surface area contributed by atoms with Crippen molar-refractivity contribution in [3.8, 4) is 0 Å². The van der Waals surface area contributed by atoms with Crippen LogP contribution in [-0.4, -0.2) is 14.4 Å². The highest BCUT2D eigenvalue weighted by Gasteiger charge is 2.14. The van der Waals surface area contributed by atoms with Crippen molar-refractivity contribution in [3.63, 3.8) is 0 Å². The Kier molecular flexibility index (Phi) is 3.57. The van der Waals surface area contributed by atoms with Gasteiger partial charge in [-0.2, -0.15) is 0 Å². The summed E-state index contributed by atoms with van der Waals surface area (Å²) in [6, 6.07) is 1.01. The molecule has 0 aliphatic rings. The van der Waals surface area contributed by atoms with Gasteiger partial charge in [0.05, 0.1) is 0 Å². The lowest BCUT2D eigenvalue weighted by Crippen LogP contribution is -2.20. The van der Waals surface area contributed by atoms with E-state index in [9.17, 15) is 4.79 Å². The molecule has 0 saturated carbocycles. The summed E-state index contributed by atoms with van der Waals surface area (Å²) in [4.78, 5) is 10.4. The van der Waals surface area contributed by atoms with Gasteiger partial charge in [-0.3, -0.25) is 4.79 Å². The summed E-state index contributed by atoms with van der Waals surface area (Å²) in [5, 5.41) is 0. The number of carbonyl (C=O) groups is 1. The average Bonchev–Trinajstić information content (AvgIpc) is 1.81. The summed E-state index contributed by atoms with van der Waals surface area (Å²) in [6.45, 7) is 8.71. The van der Waals surface area contributed by atoms with Crippen molar-refractivity contribution in [3.05, 3.63) is 11.6 Å². The lowest BCUT2D eigenvalue weighted by atomic mass is 10.3. The van der Waals surface area contributed by atoms with Crippen molar-refractivity contribution in [1.82, 2.24) is 0 Å². The molecule has 0 rings (SSSR count). The number of aldehydes is 1. The molecule has 58 valence electrons. The molecular weight excluding hydrogens is 140 g/mol. The fourth-order valence-corrected chi connectivity index (χ4v) is 2.34. The third-order valence-corrected chi connectivity index (χ3v) is 2.73. The van der Waals surface area contributed by atoms with Crippen molar-refractivity contribution in [2.45, 2.75) is 32.6 Å². The quantitative estimate of drug-likeness (QED) is 0.348. The molecule has 0 bridgehead atoms. The molecule has 0 amide bonds. The molecule has 0 aliphatic heterocycles. The van der Waals surface area contributed by atoms with Crippen molar-refractivity contribution in [1.29, 1.82) is 0 Å². The summed E-state index contributed by atoms with van der Waals surface area (Å²) in [5.74, 6) is 0. The fourth-order valence-electron chi connectivity index (χ4n) is 0.824. The monoisotopic (exact) mass is 156 g/mol. The molecule has 0 saturated heterocycles. The van der Waals surface area contributed by atoms with Crippen molar-refractivity contribution >= 4 is 14.4 Å². The maximum atomic E-state index is 10.4. The maximum absolute atomic E-state index is 10.4. The van der Waals surface area contributed by atoms with Crippen LogP contribution in [0.25, 0.3) is 0 Å². The SMILES string of the molecule is C/C=C(/C=O)C[Si](C)(C)C. The van der Waals surface area contributed by atoms with Gasteiger partial charge in [0.1, 0.15) is 6.29 Å². The Morgan fingerprint density at radius 3 is 2.00 bits per heavy atom. The number of hydrogen-bond donors (Lipinski definition) is 0. The van der Waals surface area contributed by atoms with Crippen LogP contribution in [-0.2, 0) is 4.79 Å². The predicted octanol–water partition coefficient (Wildman–Crippen LogP) is 2.47. The first-order valence-electron chi connectivity index (χ1n) is 3.60. The minimum atomic E-state index is -1.06. The van der Waals surface area contributed by atoms with E-state index in [1.807, 2.05) is 13.0 Å². The molecule has 1 nitrogen and oxygen atoms in total. The zero-order chi connectivity index (χ0) is 8.20. The van der Waals surface area contributed by atoms with Gasteiger partial charge in [0, 0.05) is 8.07 Å². The van der Waals surface area contributed by atoms with E-state index < -0.39 is 8.07 Å². The molecule has 10 heavy (non-hydrogen) atoms. The molecule has 0 spiro atoms. The summed E-state index contributed by atoms with van der Waals surface area (Å²) >= 11 is 0. The summed E-state index contributed by atoms with van der Waals surface area (Å²) < 4.78 is 0. The minimum absolute atomic E-state index is 0.958. The van der Waals surface area contributed by atoms with E-state index in [4.69, 9.17) is 0 Å². The van der Waals surface area contributed by atoms with Gasteiger partial charge >= 0.3 is 0 Å². The van der Waals surface area contributed by atoms with E-state index in [0.29, 0.717) is 0 Å². The molecule has 0 aromatic heterocycles. The van der Waals surface area contributed by atoms with Crippen molar-refractivity contribution in [2.24, 2.45) is 0 Å². The Balaban J connectivity index is 4.01. The van der Waals surface area contributed by atoms with Crippen LogP contribution in [0.5, 0.6) is 0 Å². The lowest BCUT2D eigenvalue weighted by molar-refractivity contribution is -0.104. The predicted molar refractivity (Wildman–Crippen MR) is 48.0 cm³/mol. The Labute approximate surface area is 64.1 Å². The first-order chi connectivity index (χ1) is 4.49. The van der Waals surface area contributed by atoms with Crippen LogP contribution < -0.4 is 0 Å². The number of allylic oxidation sites excluding steroid dienone is 2. The van der Waals surface area contributed by atoms with Gasteiger partial charge in [0.2, 0.25) is 0 Å². The van der Waals surface area contributed by atoms with Crippen LogP contribution in [0, 0.1) is 0 Å². The Morgan fingerprint density at radius 1 is 1.40 bits per heavy atom. The Morgan fingerprint density at radius 2 is 1.90 bits per heavy atom. The van der Waals surface area contributed by atoms with Gasteiger partial charge in [0.25, 0.3) is 0 Å². The topological polar surface area (TPSA) is 17.1 Å². The Bertz CT molecular complexity index is 142. The molecule has 0 aliphatic carbocycles. The van der Waals surface area contributed by atoms with E-state index >= 15 is 0 Å². The van der Waals surface area contributed by atoms with Crippen LogP contribution in [0.3, 0.4) is 0 Å². The van der Waals surface area contributed by atoms with E-state index in [2.05, 4.69) is 19.6 Å². The third-order valence-electron chi connectivity index (χ3n) is 1.26. The molecule has 0 unspecified atom stereocenters. The molecule has 0 radical (unpaired) electrons. The van der Waals surface area contributed by atoms with Gasteiger partial charge in [-0.25, -0.2) is 0 Å². The molecule has 0 aromatic carbocycles. The smallest absolute Gasteiger partial charge is 0.145 e. The second-order valence-electron chi connectivity index (χ2n) is 3.72. The van der Waals surface area contributed by atoms with Gasteiger partial charge in [-0.05, 0) is 18.5 Å². The van der Waals surface area contributed by atoms with Crippen molar-refractivity contribution in [2.75, 3.05) is 0 Å². The standard InChI is InChI=1S/C8H16OSi/c1-5-8(6-9)7-10(2,3)4/h5-6H,7H2,1-4H3/b8-5-. The second-order valence-corrected chi connectivity index (χ2v) is 9.19. The normalized spacial score (nSPS) is 13.4. The molecular formula is C8H16OSi. The largest absolute Gasteiger partial charge is 0.298 e. The number of hydrogen-bond acceptors (Lipinski definition) is 1. The summed E-state index contributed by atoms with van der Waals surface area (Å²) in [5.41, 5.74) is 0.958. The van der Waals surface area contributed by atoms with Crippen LogP contribution in [0.4, 0.5) is 0 Å². The second kappa shape index (κ2) is 3.71. The van der Waals surface area contributed by atoms with Crippen molar-refractivity contribution < 1.29 is 4.79 Å². The van der Waals surface area contributed by atoms with E-state index in [-0.39, 0.29) is 0 Å². The van der Waals surface area contributed by atoms with Gasteiger partial charge in [-0.1, -0.05) is 25.7 Å². The molecule has 0 atom stereocenters. The lowest BCUT2D eigenvalue weighted by Gasteiger charge is -2.14. The highest BCUT2D eigenvalue weighted by atomic mass is 28.3. The molecule has 0 fully saturated rings. The van der Waals surface area contributed by atoms with E-state index in [1.54, 1.807) is 0 Å². The van der Waals surface area contributed by atoms with Crippen LogP contribution in [0.2, 0.25) is 25.7 Å². The fraction of sp³-hybridized carbons (Fsp3) is 0.625. The average molecular weight is 156 g/mol. The van der Waals surface area contributed by atoms with Crippen LogP contribution >= 0.6 is 0 Å². The van der Waals surface area contributed by atoms with Crippen LogP contribution in [0.15, 0.2) is 11.6 Å². The first-order valence-corrected chi connectivity index (χ1v) is 7.30.